The van der Waals surface area contributed by atoms with Gasteiger partial charge >= 0.3 is 0 Å². The van der Waals surface area contributed by atoms with Crippen LogP contribution in [0.3, 0.4) is 0 Å². The molecular formula is C15H10N4S. The molecule has 0 fully saturated rings. The summed E-state index contributed by atoms with van der Waals surface area (Å²) in [5.74, 6) is 0. The minimum Gasteiger partial charge on any atom is -0.332 e. The van der Waals surface area contributed by atoms with Gasteiger partial charge in [0.25, 0.3) is 0 Å². The number of hydrogen-bond donors (Lipinski definition) is 2. The Kier molecular flexibility index (Phi) is 4.28. The lowest BCUT2D eigenvalue weighted by molar-refractivity contribution is 1.47. The van der Waals surface area contributed by atoms with Crippen molar-refractivity contribution in [3.8, 4) is 12.1 Å². The Balaban J connectivity index is 2.05. The van der Waals surface area contributed by atoms with E-state index in [4.69, 9.17) is 22.7 Å². The van der Waals surface area contributed by atoms with Gasteiger partial charge in [-0.1, -0.05) is 12.1 Å². The third kappa shape index (κ3) is 3.55. The molecule has 2 aromatic rings. The van der Waals surface area contributed by atoms with Gasteiger partial charge < -0.3 is 10.6 Å². The molecule has 96 valence electrons. The molecule has 0 aliphatic heterocycles. The SMILES string of the molecule is N#Cc1cccc(NC(=S)Nc2cccc(C#N)c2)c1. The quantitative estimate of drug-likeness (QED) is 0.825. The number of thiocarbonyl (C=S) groups is 1. The molecule has 0 spiro atoms. The average molecular weight is 278 g/mol. The molecule has 0 atom stereocenters. The van der Waals surface area contributed by atoms with Crippen LogP contribution in [0.4, 0.5) is 11.4 Å². The molecule has 0 aliphatic carbocycles. The maximum Gasteiger partial charge on any atom is 0.175 e. The first kappa shape index (κ1) is 13.5. The third-order valence-electron chi connectivity index (χ3n) is 2.50. The summed E-state index contributed by atoms with van der Waals surface area (Å²) in [6.45, 7) is 0. The lowest BCUT2D eigenvalue weighted by Crippen LogP contribution is -2.19. The number of nitriles is 2. The Morgan fingerprint density at radius 3 is 1.70 bits per heavy atom. The van der Waals surface area contributed by atoms with Crippen LogP contribution in [0.1, 0.15) is 11.1 Å². The number of nitrogens with zero attached hydrogens (tertiary/aromatic N) is 2. The first-order valence-electron chi connectivity index (χ1n) is 5.79. The second kappa shape index (κ2) is 6.33. The minimum atomic E-state index is 0.398. The van der Waals surface area contributed by atoms with E-state index >= 15 is 0 Å². The molecule has 0 aromatic heterocycles. The highest BCUT2D eigenvalue weighted by Gasteiger charge is 2.01. The highest BCUT2D eigenvalue weighted by molar-refractivity contribution is 7.80. The Morgan fingerprint density at radius 2 is 1.30 bits per heavy atom. The van der Waals surface area contributed by atoms with Crippen molar-refractivity contribution < 1.29 is 0 Å². The van der Waals surface area contributed by atoms with Crippen LogP contribution < -0.4 is 10.6 Å². The molecule has 2 rings (SSSR count). The van der Waals surface area contributed by atoms with Crippen molar-refractivity contribution in [1.29, 1.82) is 10.5 Å². The Labute approximate surface area is 122 Å². The molecule has 5 heteroatoms. The zero-order chi connectivity index (χ0) is 14.4. The lowest BCUT2D eigenvalue weighted by Gasteiger charge is -2.10. The molecule has 0 saturated heterocycles. The van der Waals surface area contributed by atoms with Gasteiger partial charge in [-0.25, -0.2) is 0 Å². The third-order valence-corrected chi connectivity index (χ3v) is 2.70. The van der Waals surface area contributed by atoms with Gasteiger partial charge in [-0.05, 0) is 48.6 Å². The molecule has 20 heavy (non-hydrogen) atoms. The second-order valence-electron chi connectivity index (χ2n) is 3.96. The summed E-state index contributed by atoms with van der Waals surface area (Å²) in [6, 6.07) is 18.2. The van der Waals surface area contributed by atoms with E-state index in [-0.39, 0.29) is 0 Å². The smallest absolute Gasteiger partial charge is 0.175 e. The van der Waals surface area contributed by atoms with Crippen molar-refractivity contribution >= 4 is 28.7 Å². The summed E-state index contributed by atoms with van der Waals surface area (Å²) in [5.41, 5.74) is 2.59. The highest BCUT2D eigenvalue weighted by atomic mass is 32.1. The molecule has 0 bridgehead atoms. The maximum atomic E-state index is 8.83. The molecule has 4 nitrogen and oxygen atoms in total. The van der Waals surface area contributed by atoms with Crippen molar-refractivity contribution in [2.75, 3.05) is 10.6 Å². The molecule has 2 N–H and O–H groups in total. The average Bonchev–Trinajstić information content (AvgIpc) is 2.47. The topological polar surface area (TPSA) is 71.6 Å². The van der Waals surface area contributed by atoms with Crippen LogP contribution in [0.15, 0.2) is 48.5 Å². The zero-order valence-electron chi connectivity index (χ0n) is 10.4. The summed E-state index contributed by atoms with van der Waals surface area (Å²) >= 11 is 5.19. The van der Waals surface area contributed by atoms with Crippen molar-refractivity contribution in [2.45, 2.75) is 0 Å². The van der Waals surface area contributed by atoms with E-state index in [0.29, 0.717) is 16.2 Å². The van der Waals surface area contributed by atoms with Gasteiger partial charge in [-0.2, -0.15) is 10.5 Å². The first-order chi connectivity index (χ1) is 9.71. The number of nitrogens with one attached hydrogen (secondary N) is 2. The van der Waals surface area contributed by atoms with E-state index in [1.54, 1.807) is 36.4 Å². The van der Waals surface area contributed by atoms with Crippen molar-refractivity contribution in [1.82, 2.24) is 0 Å². The number of benzene rings is 2. The Hall–Kier alpha value is -2.89. The Morgan fingerprint density at radius 1 is 0.850 bits per heavy atom. The van der Waals surface area contributed by atoms with E-state index in [9.17, 15) is 0 Å². The number of anilines is 2. The van der Waals surface area contributed by atoms with Gasteiger partial charge in [0.05, 0.1) is 23.3 Å². The van der Waals surface area contributed by atoms with Gasteiger partial charge in [0, 0.05) is 11.4 Å². The second-order valence-corrected chi connectivity index (χ2v) is 4.37. The van der Waals surface area contributed by atoms with Crippen LogP contribution >= 0.6 is 12.2 Å². The van der Waals surface area contributed by atoms with Crippen LogP contribution in [0, 0.1) is 22.7 Å². The fraction of sp³-hybridized carbons (Fsp3) is 0. The van der Waals surface area contributed by atoms with E-state index in [2.05, 4.69) is 22.8 Å². The van der Waals surface area contributed by atoms with Crippen LogP contribution in [0.25, 0.3) is 0 Å². The summed E-state index contributed by atoms with van der Waals surface area (Å²) in [5, 5.41) is 24.0. The zero-order valence-corrected chi connectivity index (χ0v) is 11.2. The van der Waals surface area contributed by atoms with Crippen molar-refractivity contribution in [3.63, 3.8) is 0 Å². The fourth-order valence-corrected chi connectivity index (χ4v) is 1.86. The van der Waals surface area contributed by atoms with Crippen LogP contribution in [0.2, 0.25) is 0 Å². The largest absolute Gasteiger partial charge is 0.332 e. The van der Waals surface area contributed by atoms with E-state index < -0.39 is 0 Å². The van der Waals surface area contributed by atoms with Gasteiger partial charge in [0.1, 0.15) is 0 Å². The molecule has 0 heterocycles. The van der Waals surface area contributed by atoms with Gasteiger partial charge in [0.2, 0.25) is 0 Å². The van der Waals surface area contributed by atoms with E-state index in [1.165, 1.54) is 0 Å². The maximum absolute atomic E-state index is 8.83. The van der Waals surface area contributed by atoms with Gasteiger partial charge in [-0.15, -0.1) is 0 Å². The first-order valence-corrected chi connectivity index (χ1v) is 6.20. The van der Waals surface area contributed by atoms with E-state index in [0.717, 1.165) is 11.4 Å². The predicted molar refractivity (Wildman–Crippen MR) is 82.2 cm³/mol. The molecule has 0 unspecified atom stereocenters. The van der Waals surface area contributed by atoms with Gasteiger partial charge in [0.15, 0.2) is 5.11 Å². The van der Waals surface area contributed by atoms with E-state index in [1.807, 2.05) is 12.1 Å². The molecule has 2 aromatic carbocycles. The predicted octanol–water partition coefficient (Wildman–Crippen LogP) is 3.24. The number of hydrogen-bond acceptors (Lipinski definition) is 3. The summed E-state index contributed by atoms with van der Waals surface area (Å²) in [6.07, 6.45) is 0. The molecular weight excluding hydrogens is 268 g/mol. The van der Waals surface area contributed by atoms with Crippen LogP contribution in [-0.2, 0) is 0 Å². The van der Waals surface area contributed by atoms with Crippen LogP contribution in [0.5, 0.6) is 0 Å². The fourth-order valence-electron chi connectivity index (χ4n) is 1.63. The minimum absolute atomic E-state index is 0.398. The lowest BCUT2D eigenvalue weighted by atomic mass is 10.2. The van der Waals surface area contributed by atoms with Crippen molar-refractivity contribution in [3.05, 3.63) is 59.7 Å². The molecule has 0 radical (unpaired) electrons. The number of rotatable bonds is 2. The molecule has 0 aliphatic rings. The normalized spacial score (nSPS) is 9.10. The molecule has 0 amide bonds. The van der Waals surface area contributed by atoms with Crippen LogP contribution in [-0.4, -0.2) is 5.11 Å². The van der Waals surface area contributed by atoms with Crippen molar-refractivity contribution in [2.24, 2.45) is 0 Å². The van der Waals surface area contributed by atoms with Gasteiger partial charge in [-0.3, -0.25) is 0 Å². The standard InChI is InChI=1S/C15H10N4S/c16-9-11-3-1-5-13(7-11)18-15(20)19-14-6-2-4-12(8-14)10-17/h1-8H,(H2,18,19,20). The summed E-state index contributed by atoms with van der Waals surface area (Å²) < 4.78 is 0. The monoisotopic (exact) mass is 278 g/mol. The summed E-state index contributed by atoms with van der Waals surface area (Å²) in [4.78, 5) is 0. The summed E-state index contributed by atoms with van der Waals surface area (Å²) in [7, 11) is 0. The molecule has 0 saturated carbocycles. The Bertz CT molecular complexity index is 664. The highest BCUT2D eigenvalue weighted by Crippen LogP contribution is 2.13.